The minimum absolute atomic E-state index is 0.383. The van der Waals surface area contributed by atoms with E-state index in [-0.39, 0.29) is 6.04 Å². The van der Waals surface area contributed by atoms with Crippen LogP contribution in [0.1, 0.15) is 30.2 Å². The van der Waals surface area contributed by atoms with Gasteiger partial charge in [-0.15, -0.1) is 0 Å². The van der Waals surface area contributed by atoms with Gasteiger partial charge in [-0.1, -0.05) is 11.6 Å². The molecule has 2 aromatic heterocycles. The van der Waals surface area contributed by atoms with E-state index in [0.717, 1.165) is 17.9 Å². The van der Waals surface area contributed by atoms with Crippen LogP contribution in [0.15, 0.2) is 18.5 Å². The van der Waals surface area contributed by atoms with E-state index in [1.54, 1.807) is 23.1 Å². The summed E-state index contributed by atoms with van der Waals surface area (Å²) in [5.41, 5.74) is 7.70. The molecule has 0 spiro atoms. The van der Waals surface area contributed by atoms with Crippen LogP contribution in [-0.4, -0.2) is 19.7 Å². The van der Waals surface area contributed by atoms with Crippen LogP contribution in [0, 0.1) is 6.92 Å². The molecule has 1 atom stereocenters. The second-order valence-corrected chi connectivity index (χ2v) is 4.11. The van der Waals surface area contributed by atoms with E-state index >= 15 is 0 Å². The third-order valence-electron chi connectivity index (χ3n) is 2.54. The molecule has 0 saturated carbocycles. The Morgan fingerprint density at radius 2 is 2.29 bits per heavy atom. The van der Waals surface area contributed by atoms with Gasteiger partial charge in [-0.2, -0.15) is 5.10 Å². The lowest BCUT2D eigenvalue weighted by Gasteiger charge is -2.13. The molecule has 0 aliphatic rings. The van der Waals surface area contributed by atoms with Gasteiger partial charge in [-0.3, -0.25) is 4.68 Å². The third kappa shape index (κ3) is 2.30. The molecule has 0 bridgehead atoms. The summed E-state index contributed by atoms with van der Waals surface area (Å²) in [6.07, 6.45) is 3.30. The second kappa shape index (κ2) is 4.81. The Bertz CT molecular complexity index is 522. The average Bonchev–Trinajstić information content (AvgIpc) is 2.69. The van der Waals surface area contributed by atoms with E-state index < -0.39 is 0 Å². The summed E-state index contributed by atoms with van der Waals surface area (Å²) in [4.78, 5) is 8.36. The van der Waals surface area contributed by atoms with Crippen molar-refractivity contribution in [2.45, 2.75) is 26.4 Å². The summed E-state index contributed by atoms with van der Waals surface area (Å²) < 4.78 is 1.78. The number of rotatable bonds is 3. The summed E-state index contributed by atoms with van der Waals surface area (Å²) in [6.45, 7) is 4.54. The number of halogens is 1. The fourth-order valence-corrected chi connectivity index (χ4v) is 1.98. The monoisotopic (exact) mass is 251 g/mol. The molecule has 0 aromatic carbocycles. The van der Waals surface area contributed by atoms with E-state index in [9.17, 15) is 0 Å². The smallest absolute Gasteiger partial charge is 0.125 e. The number of nitrogens with two attached hydrogens (primary N) is 1. The fraction of sp³-hybridized carbons (Fsp3) is 0.364. The molecule has 2 rings (SSSR count). The molecule has 0 saturated heterocycles. The van der Waals surface area contributed by atoms with Gasteiger partial charge >= 0.3 is 0 Å². The maximum atomic E-state index is 6.17. The Kier molecular flexibility index (Phi) is 3.40. The van der Waals surface area contributed by atoms with Crippen LogP contribution >= 0.6 is 11.6 Å². The van der Waals surface area contributed by atoms with Crippen molar-refractivity contribution in [1.29, 1.82) is 0 Å². The molecule has 0 amide bonds. The van der Waals surface area contributed by atoms with E-state index in [1.165, 1.54) is 0 Å². The molecule has 17 heavy (non-hydrogen) atoms. The lowest BCUT2D eigenvalue weighted by molar-refractivity contribution is 0.595. The number of nitrogens with zero attached hydrogens (tertiary/aromatic N) is 4. The molecule has 1 unspecified atom stereocenters. The molecule has 0 radical (unpaired) electrons. The maximum Gasteiger partial charge on any atom is 0.125 e. The molecular formula is C11H14ClN5. The predicted octanol–water partition coefficient (Wildman–Crippen LogP) is 1.70. The van der Waals surface area contributed by atoms with Gasteiger partial charge in [-0.05, 0) is 19.9 Å². The Morgan fingerprint density at radius 3 is 2.94 bits per heavy atom. The zero-order valence-corrected chi connectivity index (χ0v) is 10.5. The normalized spacial score (nSPS) is 12.7. The molecule has 0 aliphatic heterocycles. The molecule has 90 valence electrons. The Labute approximate surface area is 105 Å². The Balaban J connectivity index is 2.43. The molecule has 0 fully saturated rings. The first kappa shape index (κ1) is 12.0. The van der Waals surface area contributed by atoms with Crippen LogP contribution in [0.5, 0.6) is 0 Å². The van der Waals surface area contributed by atoms with E-state index in [2.05, 4.69) is 15.1 Å². The first-order valence-corrected chi connectivity index (χ1v) is 5.77. The molecule has 2 heterocycles. The van der Waals surface area contributed by atoms with Crippen LogP contribution in [0.25, 0.3) is 0 Å². The van der Waals surface area contributed by atoms with Crippen LogP contribution in [0.4, 0.5) is 0 Å². The predicted molar refractivity (Wildman–Crippen MR) is 65.7 cm³/mol. The molecule has 0 aliphatic carbocycles. The van der Waals surface area contributed by atoms with Crippen LogP contribution in [0.3, 0.4) is 0 Å². The fourth-order valence-electron chi connectivity index (χ4n) is 1.72. The summed E-state index contributed by atoms with van der Waals surface area (Å²) in [5, 5.41) is 4.73. The van der Waals surface area contributed by atoms with E-state index in [1.807, 2.05) is 13.8 Å². The SMILES string of the molecule is CCn1ncc(Cl)c1C(N)c1ccnc(C)n1. The highest BCUT2D eigenvalue weighted by Crippen LogP contribution is 2.25. The van der Waals surface area contributed by atoms with Crippen molar-refractivity contribution in [2.75, 3.05) is 0 Å². The summed E-state index contributed by atoms with van der Waals surface area (Å²) in [6, 6.07) is 1.41. The number of hydrogen-bond donors (Lipinski definition) is 1. The first-order valence-electron chi connectivity index (χ1n) is 5.39. The highest BCUT2D eigenvalue weighted by molar-refractivity contribution is 6.31. The van der Waals surface area contributed by atoms with Gasteiger partial charge in [0.1, 0.15) is 5.82 Å². The molecule has 6 heteroatoms. The summed E-state index contributed by atoms with van der Waals surface area (Å²) in [5.74, 6) is 0.691. The van der Waals surface area contributed by atoms with Crippen molar-refractivity contribution in [3.63, 3.8) is 0 Å². The first-order chi connectivity index (χ1) is 8.13. The van der Waals surface area contributed by atoms with Crippen molar-refractivity contribution < 1.29 is 0 Å². The summed E-state index contributed by atoms with van der Waals surface area (Å²) >= 11 is 6.10. The number of aryl methyl sites for hydroxylation is 2. The van der Waals surface area contributed by atoms with Gasteiger partial charge in [0, 0.05) is 12.7 Å². The Hall–Kier alpha value is -1.46. The van der Waals surface area contributed by atoms with E-state index in [4.69, 9.17) is 17.3 Å². The molecule has 5 nitrogen and oxygen atoms in total. The van der Waals surface area contributed by atoms with Gasteiger partial charge in [-0.25, -0.2) is 9.97 Å². The molecule has 2 N–H and O–H groups in total. The standard InChI is InChI=1S/C11H14ClN5/c1-3-17-11(8(12)6-15-17)10(13)9-4-5-14-7(2)16-9/h4-6,10H,3,13H2,1-2H3. The quantitative estimate of drug-likeness (QED) is 0.902. The zero-order valence-electron chi connectivity index (χ0n) is 9.76. The van der Waals surface area contributed by atoms with E-state index in [0.29, 0.717) is 10.8 Å². The minimum Gasteiger partial charge on any atom is -0.318 e. The maximum absolute atomic E-state index is 6.17. The second-order valence-electron chi connectivity index (χ2n) is 3.70. The van der Waals surface area contributed by atoms with Gasteiger partial charge in [0.05, 0.1) is 28.6 Å². The van der Waals surface area contributed by atoms with Crippen LogP contribution < -0.4 is 5.73 Å². The van der Waals surface area contributed by atoms with Crippen LogP contribution in [0.2, 0.25) is 5.02 Å². The van der Waals surface area contributed by atoms with Crippen molar-refractivity contribution in [3.05, 3.63) is 40.7 Å². The van der Waals surface area contributed by atoms with Gasteiger partial charge in [0.15, 0.2) is 0 Å². The third-order valence-corrected chi connectivity index (χ3v) is 2.83. The van der Waals surface area contributed by atoms with Crippen molar-refractivity contribution >= 4 is 11.6 Å². The van der Waals surface area contributed by atoms with Crippen molar-refractivity contribution in [2.24, 2.45) is 5.73 Å². The lowest BCUT2D eigenvalue weighted by atomic mass is 10.1. The van der Waals surface area contributed by atoms with Crippen molar-refractivity contribution in [3.8, 4) is 0 Å². The lowest BCUT2D eigenvalue weighted by Crippen LogP contribution is -2.19. The van der Waals surface area contributed by atoms with Gasteiger partial charge < -0.3 is 5.73 Å². The van der Waals surface area contributed by atoms with Crippen LogP contribution in [-0.2, 0) is 6.54 Å². The highest BCUT2D eigenvalue weighted by Gasteiger charge is 2.19. The minimum atomic E-state index is -0.383. The largest absolute Gasteiger partial charge is 0.318 e. The van der Waals surface area contributed by atoms with Gasteiger partial charge in [0.2, 0.25) is 0 Å². The molecule has 2 aromatic rings. The summed E-state index contributed by atoms with van der Waals surface area (Å²) in [7, 11) is 0. The van der Waals surface area contributed by atoms with Gasteiger partial charge in [0.25, 0.3) is 0 Å². The molecular weight excluding hydrogens is 238 g/mol. The topological polar surface area (TPSA) is 69.6 Å². The Morgan fingerprint density at radius 1 is 1.53 bits per heavy atom. The highest BCUT2D eigenvalue weighted by atomic mass is 35.5. The average molecular weight is 252 g/mol. The number of aromatic nitrogens is 4. The zero-order chi connectivity index (χ0) is 12.4. The number of hydrogen-bond acceptors (Lipinski definition) is 4. The van der Waals surface area contributed by atoms with Crippen molar-refractivity contribution in [1.82, 2.24) is 19.7 Å².